The van der Waals surface area contributed by atoms with Crippen LogP contribution in [0.25, 0.3) is 11.4 Å². The monoisotopic (exact) mass is 338 g/mol. The van der Waals surface area contributed by atoms with E-state index < -0.39 is 0 Å². The SMILES string of the molecule is c1cnn(CC[C@H]2CCCCN2Cc2nc(-c3ccncc3)no2)c1. The quantitative estimate of drug-likeness (QED) is 0.688. The van der Waals surface area contributed by atoms with Crippen LogP contribution in [-0.4, -0.2) is 42.4 Å². The lowest BCUT2D eigenvalue weighted by molar-refractivity contribution is 0.113. The van der Waals surface area contributed by atoms with Gasteiger partial charge in [-0.3, -0.25) is 14.6 Å². The fourth-order valence-electron chi connectivity index (χ4n) is 3.42. The molecule has 1 aliphatic heterocycles. The number of rotatable bonds is 6. The molecule has 0 saturated carbocycles. The predicted molar refractivity (Wildman–Crippen MR) is 92.4 cm³/mol. The van der Waals surface area contributed by atoms with Crippen molar-refractivity contribution in [2.75, 3.05) is 6.54 Å². The third-order valence-electron chi connectivity index (χ3n) is 4.74. The predicted octanol–water partition coefficient (Wildman–Crippen LogP) is 2.77. The van der Waals surface area contributed by atoms with Crippen LogP contribution in [0.4, 0.5) is 0 Å². The van der Waals surface area contributed by atoms with Gasteiger partial charge in [-0.25, -0.2) is 0 Å². The number of aromatic nitrogens is 5. The van der Waals surface area contributed by atoms with Gasteiger partial charge in [0, 0.05) is 42.9 Å². The molecule has 0 bridgehead atoms. The van der Waals surface area contributed by atoms with Crippen molar-refractivity contribution in [2.45, 2.75) is 44.8 Å². The molecule has 0 aliphatic carbocycles. The number of aryl methyl sites for hydroxylation is 1. The standard InChI is InChI=1S/C18H22N6O/c1-2-11-23(16(4-1)7-13-24-12-3-8-20-24)14-17-21-18(22-25-17)15-5-9-19-10-6-15/h3,5-6,8-10,12,16H,1-2,4,7,11,13-14H2/t16-/m1/s1. The summed E-state index contributed by atoms with van der Waals surface area (Å²) in [7, 11) is 0. The fourth-order valence-corrected chi connectivity index (χ4v) is 3.42. The summed E-state index contributed by atoms with van der Waals surface area (Å²) < 4.78 is 7.48. The van der Waals surface area contributed by atoms with Crippen LogP contribution in [0.3, 0.4) is 0 Å². The van der Waals surface area contributed by atoms with E-state index in [-0.39, 0.29) is 0 Å². The van der Waals surface area contributed by atoms with Crippen molar-refractivity contribution in [1.29, 1.82) is 0 Å². The Balaban J connectivity index is 1.40. The molecule has 130 valence electrons. The van der Waals surface area contributed by atoms with E-state index in [1.54, 1.807) is 12.4 Å². The summed E-state index contributed by atoms with van der Waals surface area (Å²) in [6.45, 7) is 2.73. The molecule has 3 aromatic heterocycles. The molecule has 1 atom stereocenters. The van der Waals surface area contributed by atoms with Crippen LogP contribution in [-0.2, 0) is 13.1 Å². The largest absolute Gasteiger partial charge is 0.338 e. The molecule has 1 aliphatic rings. The second-order valence-corrected chi connectivity index (χ2v) is 6.43. The molecule has 0 spiro atoms. The van der Waals surface area contributed by atoms with Crippen LogP contribution >= 0.6 is 0 Å². The summed E-state index contributed by atoms with van der Waals surface area (Å²) in [5.74, 6) is 1.31. The smallest absolute Gasteiger partial charge is 0.241 e. The van der Waals surface area contributed by atoms with Gasteiger partial charge in [-0.15, -0.1) is 0 Å². The number of hydrogen-bond acceptors (Lipinski definition) is 6. The molecule has 1 saturated heterocycles. The third-order valence-corrected chi connectivity index (χ3v) is 4.74. The maximum Gasteiger partial charge on any atom is 0.241 e. The minimum Gasteiger partial charge on any atom is -0.338 e. The van der Waals surface area contributed by atoms with E-state index in [0.717, 1.165) is 25.1 Å². The fraction of sp³-hybridized carbons (Fsp3) is 0.444. The minimum atomic E-state index is 0.536. The first-order valence-corrected chi connectivity index (χ1v) is 8.83. The topological polar surface area (TPSA) is 72.9 Å². The lowest BCUT2D eigenvalue weighted by atomic mass is 9.99. The molecule has 7 heteroatoms. The highest BCUT2D eigenvalue weighted by Crippen LogP contribution is 2.23. The van der Waals surface area contributed by atoms with Gasteiger partial charge in [0.2, 0.25) is 11.7 Å². The summed E-state index contributed by atoms with van der Waals surface area (Å²) in [5.41, 5.74) is 0.930. The van der Waals surface area contributed by atoms with Gasteiger partial charge in [-0.05, 0) is 44.0 Å². The molecule has 0 aromatic carbocycles. The van der Waals surface area contributed by atoms with E-state index in [4.69, 9.17) is 4.52 Å². The lowest BCUT2D eigenvalue weighted by Crippen LogP contribution is -2.39. The average Bonchev–Trinajstić information content (AvgIpc) is 3.34. The second-order valence-electron chi connectivity index (χ2n) is 6.43. The maximum atomic E-state index is 5.48. The molecule has 1 fully saturated rings. The van der Waals surface area contributed by atoms with E-state index >= 15 is 0 Å². The molecule has 3 aromatic rings. The normalized spacial score (nSPS) is 18.5. The van der Waals surface area contributed by atoms with Crippen LogP contribution < -0.4 is 0 Å². The van der Waals surface area contributed by atoms with Gasteiger partial charge < -0.3 is 4.52 Å². The summed E-state index contributed by atoms with van der Waals surface area (Å²) in [5, 5.41) is 8.41. The number of pyridine rings is 1. The van der Waals surface area contributed by atoms with Crippen molar-refractivity contribution in [3.05, 3.63) is 48.9 Å². The van der Waals surface area contributed by atoms with Crippen molar-refractivity contribution in [1.82, 2.24) is 29.8 Å². The lowest BCUT2D eigenvalue weighted by Gasteiger charge is -2.34. The second kappa shape index (κ2) is 7.57. The highest BCUT2D eigenvalue weighted by atomic mass is 16.5. The Morgan fingerprint density at radius 1 is 1.16 bits per heavy atom. The number of likely N-dealkylation sites (tertiary alicyclic amines) is 1. The van der Waals surface area contributed by atoms with Crippen molar-refractivity contribution >= 4 is 0 Å². The highest BCUT2D eigenvalue weighted by molar-refractivity contribution is 5.52. The Hall–Kier alpha value is -2.54. The highest BCUT2D eigenvalue weighted by Gasteiger charge is 2.24. The van der Waals surface area contributed by atoms with Gasteiger partial charge in [0.15, 0.2) is 0 Å². The van der Waals surface area contributed by atoms with Gasteiger partial charge in [-0.2, -0.15) is 10.1 Å². The Labute approximate surface area is 146 Å². The summed E-state index contributed by atoms with van der Waals surface area (Å²) in [6.07, 6.45) is 12.1. The first kappa shape index (κ1) is 16.0. The van der Waals surface area contributed by atoms with Gasteiger partial charge in [0.05, 0.1) is 6.54 Å². The molecule has 4 rings (SSSR count). The molecular formula is C18H22N6O. The van der Waals surface area contributed by atoms with E-state index in [2.05, 4.69) is 25.1 Å². The number of nitrogens with zero attached hydrogens (tertiary/aromatic N) is 6. The molecule has 0 N–H and O–H groups in total. The molecule has 0 unspecified atom stereocenters. The Morgan fingerprint density at radius 3 is 2.92 bits per heavy atom. The minimum absolute atomic E-state index is 0.536. The summed E-state index contributed by atoms with van der Waals surface area (Å²) in [6, 6.07) is 6.29. The molecular weight excluding hydrogens is 316 g/mol. The maximum absolute atomic E-state index is 5.48. The molecule has 7 nitrogen and oxygen atoms in total. The molecule has 0 amide bonds. The van der Waals surface area contributed by atoms with Crippen LogP contribution in [0, 0.1) is 0 Å². The molecule has 4 heterocycles. The first-order valence-electron chi connectivity index (χ1n) is 8.83. The van der Waals surface area contributed by atoms with E-state index in [9.17, 15) is 0 Å². The summed E-state index contributed by atoms with van der Waals surface area (Å²) >= 11 is 0. The van der Waals surface area contributed by atoms with Crippen LogP contribution in [0.15, 0.2) is 47.5 Å². The zero-order valence-corrected chi connectivity index (χ0v) is 14.2. The van der Waals surface area contributed by atoms with Crippen LogP contribution in [0.1, 0.15) is 31.6 Å². The first-order chi connectivity index (χ1) is 12.4. The van der Waals surface area contributed by atoms with Crippen molar-refractivity contribution in [2.24, 2.45) is 0 Å². The summed E-state index contributed by atoms with van der Waals surface area (Å²) in [4.78, 5) is 11.0. The molecule has 25 heavy (non-hydrogen) atoms. The number of hydrogen-bond donors (Lipinski definition) is 0. The van der Waals surface area contributed by atoms with E-state index in [0.29, 0.717) is 24.3 Å². The average molecular weight is 338 g/mol. The Morgan fingerprint density at radius 2 is 2.08 bits per heavy atom. The van der Waals surface area contributed by atoms with Crippen LogP contribution in [0.5, 0.6) is 0 Å². The zero-order chi connectivity index (χ0) is 16.9. The Kier molecular flexibility index (Phi) is 4.83. The number of piperidine rings is 1. The Bertz CT molecular complexity index is 770. The van der Waals surface area contributed by atoms with E-state index in [1.165, 1.54) is 19.3 Å². The van der Waals surface area contributed by atoms with E-state index in [1.807, 2.05) is 35.3 Å². The van der Waals surface area contributed by atoms with Gasteiger partial charge in [0.25, 0.3) is 0 Å². The third kappa shape index (κ3) is 3.93. The van der Waals surface area contributed by atoms with Crippen LogP contribution in [0.2, 0.25) is 0 Å². The van der Waals surface area contributed by atoms with Crippen molar-refractivity contribution in [3.63, 3.8) is 0 Å². The zero-order valence-electron chi connectivity index (χ0n) is 14.2. The van der Waals surface area contributed by atoms with Crippen molar-refractivity contribution in [3.8, 4) is 11.4 Å². The van der Waals surface area contributed by atoms with Gasteiger partial charge in [0.1, 0.15) is 0 Å². The van der Waals surface area contributed by atoms with Gasteiger partial charge >= 0.3 is 0 Å². The molecule has 0 radical (unpaired) electrons. The van der Waals surface area contributed by atoms with Crippen molar-refractivity contribution < 1.29 is 4.52 Å². The van der Waals surface area contributed by atoms with Gasteiger partial charge in [-0.1, -0.05) is 11.6 Å².